The molecule has 8 nitrogen and oxygen atoms in total. The molecule has 40 heavy (non-hydrogen) atoms. The van der Waals surface area contributed by atoms with Gasteiger partial charge in [0.1, 0.15) is 11.6 Å². The molecule has 1 amide bonds. The number of nitrogens with zero attached hydrogens (tertiary/aromatic N) is 4. The topological polar surface area (TPSA) is 93.7 Å². The first-order chi connectivity index (χ1) is 19.1. The van der Waals surface area contributed by atoms with Crippen LogP contribution in [0.2, 0.25) is 10.0 Å². The summed E-state index contributed by atoms with van der Waals surface area (Å²) in [5.74, 6) is 0.391. The molecule has 5 rings (SSSR count). The van der Waals surface area contributed by atoms with Gasteiger partial charge in [-0.15, -0.1) is 11.8 Å². The van der Waals surface area contributed by atoms with Crippen LogP contribution in [0.5, 0.6) is 0 Å². The number of aromatic nitrogens is 2. The zero-order valence-electron chi connectivity index (χ0n) is 22.2. The lowest BCUT2D eigenvalue weighted by molar-refractivity contribution is -0.130. The van der Waals surface area contributed by atoms with Gasteiger partial charge >= 0.3 is 5.69 Å². The summed E-state index contributed by atoms with van der Waals surface area (Å²) < 4.78 is 21.6. The van der Waals surface area contributed by atoms with Crippen LogP contribution < -0.4 is 16.3 Å². The van der Waals surface area contributed by atoms with Crippen molar-refractivity contribution in [1.82, 2.24) is 14.5 Å². The van der Waals surface area contributed by atoms with Crippen LogP contribution in [0.3, 0.4) is 0 Å². The minimum atomic E-state index is -0.531. The molecule has 0 spiro atoms. The largest absolute Gasteiger partial charge is 0.374 e. The van der Waals surface area contributed by atoms with Crippen molar-refractivity contribution >= 4 is 57.6 Å². The van der Waals surface area contributed by atoms with E-state index < -0.39 is 11.5 Å². The van der Waals surface area contributed by atoms with E-state index in [0.29, 0.717) is 71.4 Å². The molecule has 1 aromatic heterocycles. The predicted molar refractivity (Wildman–Crippen MR) is 159 cm³/mol. The maximum atomic E-state index is 14.0. The molecule has 3 atom stereocenters. The molecule has 2 aliphatic heterocycles. The average molecular weight is 607 g/mol. The summed E-state index contributed by atoms with van der Waals surface area (Å²) in [6, 6.07) is 6.01. The number of benzene rings is 2. The number of piperazine rings is 1. The van der Waals surface area contributed by atoms with Crippen LogP contribution in [-0.2, 0) is 16.1 Å². The molecule has 2 aliphatic rings. The molecule has 3 unspecified atom stereocenters. The van der Waals surface area contributed by atoms with Gasteiger partial charge in [0, 0.05) is 53.3 Å². The maximum Gasteiger partial charge on any atom is 0.350 e. The van der Waals surface area contributed by atoms with E-state index >= 15 is 0 Å². The zero-order chi connectivity index (χ0) is 28.7. The molecule has 3 aromatic rings. The van der Waals surface area contributed by atoms with E-state index in [1.165, 1.54) is 30.0 Å². The van der Waals surface area contributed by atoms with Gasteiger partial charge in [0.05, 0.1) is 34.8 Å². The number of anilines is 1. The standard InChI is InChI=1S/C28H30Cl2FN5O3S/c1-4-23(37)36-15(2)11-34(12-16(36)3)27-19-10-21(30)24(17-5-6-22(31)20(29)9-17)26-25(19)35(28(38)33-27)13-18(14-40-26)39-8-7-32/h4-6,9-10,15-16,18H,1,7-8,11-14,32H2,2-3H3. The second-order valence-electron chi connectivity index (χ2n) is 10.1. The van der Waals surface area contributed by atoms with E-state index in [1.54, 1.807) is 15.5 Å². The smallest absolute Gasteiger partial charge is 0.350 e. The highest BCUT2D eigenvalue weighted by Crippen LogP contribution is 2.46. The van der Waals surface area contributed by atoms with Gasteiger partial charge in [-0.05, 0) is 43.7 Å². The van der Waals surface area contributed by atoms with Crippen molar-refractivity contribution in [2.45, 2.75) is 43.5 Å². The van der Waals surface area contributed by atoms with Crippen molar-refractivity contribution in [3.05, 3.63) is 63.3 Å². The van der Waals surface area contributed by atoms with Gasteiger partial charge < -0.3 is 20.3 Å². The van der Waals surface area contributed by atoms with Gasteiger partial charge in [-0.3, -0.25) is 9.36 Å². The number of rotatable bonds is 6. The van der Waals surface area contributed by atoms with Crippen molar-refractivity contribution in [3.8, 4) is 11.1 Å². The highest BCUT2D eigenvalue weighted by molar-refractivity contribution is 7.99. The Balaban J connectivity index is 1.71. The molecule has 0 radical (unpaired) electrons. The summed E-state index contributed by atoms with van der Waals surface area (Å²) >= 11 is 14.6. The quantitative estimate of drug-likeness (QED) is 0.411. The predicted octanol–water partition coefficient (Wildman–Crippen LogP) is 4.57. The number of hydrogen-bond donors (Lipinski definition) is 1. The second kappa shape index (κ2) is 11.7. The highest BCUT2D eigenvalue weighted by Gasteiger charge is 2.35. The highest BCUT2D eigenvalue weighted by atomic mass is 35.5. The summed E-state index contributed by atoms with van der Waals surface area (Å²) in [6.07, 6.45) is 1.04. The first-order valence-electron chi connectivity index (χ1n) is 13.0. The molecule has 0 bridgehead atoms. The number of hydrogen-bond acceptors (Lipinski definition) is 7. The van der Waals surface area contributed by atoms with Crippen LogP contribution in [0.1, 0.15) is 13.8 Å². The minimum absolute atomic E-state index is 0.0219. The van der Waals surface area contributed by atoms with Crippen LogP contribution in [0.25, 0.3) is 22.0 Å². The Kier molecular flexibility index (Phi) is 8.45. The van der Waals surface area contributed by atoms with Gasteiger partial charge in [-0.2, -0.15) is 4.98 Å². The molecule has 0 saturated carbocycles. The summed E-state index contributed by atoms with van der Waals surface area (Å²) in [5.41, 5.74) is 7.24. The summed E-state index contributed by atoms with van der Waals surface area (Å²) in [6.45, 7) is 9.53. The Hall–Kier alpha value is -2.63. The van der Waals surface area contributed by atoms with Crippen LogP contribution >= 0.6 is 35.0 Å². The Morgan fingerprint density at radius 3 is 2.60 bits per heavy atom. The van der Waals surface area contributed by atoms with Crippen LogP contribution in [0.15, 0.2) is 46.6 Å². The SMILES string of the molecule is C=CC(=O)N1C(C)CN(c2nc(=O)n3c4c(c(-c5ccc(F)c(Cl)c5)c(Cl)cc24)SCC(OCCN)C3)CC1C. The number of ether oxygens (including phenoxy) is 1. The first kappa shape index (κ1) is 28.9. The number of carbonyl (C=O) groups excluding carboxylic acids is 1. The maximum absolute atomic E-state index is 14.0. The van der Waals surface area contributed by atoms with Crippen molar-refractivity contribution in [2.24, 2.45) is 5.73 Å². The third kappa shape index (κ3) is 5.23. The number of thioether (sulfide) groups is 1. The number of carbonyl (C=O) groups is 1. The zero-order valence-corrected chi connectivity index (χ0v) is 24.5. The first-order valence-corrected chi connectivity index (χ1v) is 14.7. The second-order valence-corrected chi connectivity index (χ2v) is 11.9. The van der Waals surface area contributed by atoms with Crippen molar-refractivity contribution < 1.29 is 13.9 Å². The molecule has 1 saturated heterocycles. The summed E-state index contributed by atoms with van der Waals surface area (Å²) in [7, 11) is 0. The monoisotopic (exact) mass is 605 g/mol. The van der Waals surface area contributed by atoms with Crippen molar-refractivity contribution in [3.63, 3.8) is 0 Å². The fourth-order valence-corrected chi connectivity index (χ4v) is 7.47. The normalized spacial score (nSPS) is 21.0. The minimum Gasteiger partial charge on any atom is -0.374 e. The fraction of sp³-hybridized carbons (Fsp3) is 0.393. The lowest BCUT2D eigenvalue weighted by Crippen LogP contribution is -2.58. The fourth-order valence-electron chi connectivity index (χ4n) is 5.64. The molecule has 2 aromatic carbocycles. The third-order valence-corrected chi connectivity index (χ3v) is 9.09. The summed E-state index contributed by atoms with van der Waals surface area (Å²) in [5, 5.41) is 1.12. The van der Waals surface area contributed by atoms with E-state index in [9.17, 15) is 14.0 Å². The average Bonchev–Trinajstić information content (AvgIpc) is 3.11. The lowest BCUT2D eigenvalue weighted by Gasteiger charge is -2.44. The van der Waals surface area contributed by atoms with E-state index in [4.69, 9.17) is 33.7 Å². The van der Waals surface area contributed by atoms with E-state index in [1.807, 2.05) is 24.8 Å². The molecule has 2 N–H and O–H groups in total. The molecule has 212 valence electrons. The molecule has 12 heteroatoms. The molecular formula is C28H30Cl2FN5O3S. The van der Waals surface area contributed by atoms with Gasteiger partial charge in [0.15, 0.2) is 0 Å². The Labute approximate surface area is 245 Å². The number of amides is 1. The van der Waals surface area contributed by atoms with Crippen molar-refractivity contribution in [2.75, 3.05) is 36.9 Å². The third-order valence-electron chi connectivity index (χ3n) is 7.28. The van der Waals surface area contributed by atoms with Crippen LogP contribution in [-0.4, -0.2) is 70.5 Å². The van der Waals surface area contributed by atoms with Gasteiger partial charge in [0.25, 0.3) is 0 Å². The van der Waals surface area contributed by atoms with Gasteiger partial charge in [-0.1, -0.05) is 35.8 Å². The lowest BCUT2D eigenvalue weighted by atomic mass is 10.0. The van der Waals surface area contributed by atoms with Gasteiger partial charge in [0.2, 0.25) is 5.91 Å². The molecule has 1 fully saturated rings. The van der Waals surface area contributed by atoms with Crippen LogP contribution in [0.4, 0.5) is 10.2 Å². The van der Waals surface area contributed by atoms with Gasteiger partial charge in [-0.25, -0.2) is 9.18 Å². The van der Waals surface area contributed by atoms with E-state index in [2.05, 4.69) is 11.6 Å². The number of halogens is 3. The van der Waals surface area contributed by atoms with E-state index in [-0.39, 0.29) is 29.1 Å². The van der Waals surface area contributed by atoms with Crippen molar-refractivity contribution in [1.29, 1.82) is 0 Å². The molecule has 0 aliphatic carbocycles. The molecular weight excluding hydrogens is 576 g/mol. The Morgan fingerprint density at radius 1 is 1.23 bits per heavy atom. The Morgan fingerprint density at radius 2 is 1.95 bits per heavy atom. The Bertz CT molecular complexity index is 1540. The molecule has 3 heterocycles. The van der Waals surface area contributed by atoms with Crippen LogP contribution in [0, 0.1) is 5.82 Å². The summed E-state index contributed by atoms with van der Waals surface area (Å²) in [4.78, 5) is 35.3. The van der Waals surface area contributed by atoms with E-state index in [0.717, 1.165) is 4.90 Å². The number of nitrogens with two attached hydrogens (primary N) is 1.